The highest BCUT2D eigenvalue weighted by atomic mass is 79.9. The molecule has 0 saturated carbocycles. The first-order valence-electron chi connectivity index (χ1n) is 5.79. The van der Waals surface area contributed by atoms with Gasteiger partial charge in [0, 0.05) is 10.2 Å². The Hall–Kier alpha value is -1.04. The zero-order chi connectivity index (χ0) is 14.5. The SMILES string of the molecule is O=C(CNc1cccc(Cl)c1Br)Nc1cccc(Br)c1. The number of rotatable bonds is 4. The molecular formula is C14H11Br2ClN2O. The lowest BCUT2D eigenvalue weighted by molar-refractivity contribution is -0.114. The average Bonchev–Trinajstić information content (AvgIpc) is 2.40. The molecule has 3 nitrogen and oxygen atoms in total. The Morgan fingerprint density at radius 1 is 1.15 bits per heavy atom. The molecule has 2 aromatic carbocycles. The monoisotopic (exact) mass is 416 g/mol. The average molecular weight is 419 g/mol. The highest BCUT2D eigenvalue weighted by Crippen LogP contribution is 2.29. The summed E-state index contributed by atoms with van der Waals surface area (Å²) in [6.07, 6.45) is 0. The summed E-state index contributed by atoms with van der Waals surface area (Å²) >= 11 is 12.7. The van der Waals surface area contributed by atoms with Gasteiger partial charge in [0.2, 0.25) is 5.91 Å². The lowest BCUT2D eigenvalue weighted by atomic mass is 10.3. The second-order valence-corrected chi connectivity index (χ2v) is 6.13. The first-order valence-corrected chi connectivity index (χ1v) is 7.76. The van der Waals surface area contributed by atoms with Gasteiger partial charge in [0.05, 0.1) is 21.7 Å². The molecule has 6 heteroatoms. The third-order valence-corrected chi connectivity index (χ3v) is 4.39. The minimum atomic E-state index is -0.130. The van der Waals surface area contributed by atoms with Crippen LogP contribution in [0.25, 0.3) is 0 Å². The lowest BCUT2D eigenvalue weighted by Gasteiger charge is -2.10. The molecule has 2 aromatic rings. The number of carbonyl (C=O) groups is 1. The van der Waals surface area contributed by atoms with Crippen molar-refractivity contribution in [3.8, 4) is 0 Å². The molecule has 104 valence electrons. The van der Waals surface area contributed by atoms with E-state index in [1.165, 1.54) is 0 Å². The Labute approximate surface area is 139 Å². The summed E-state index contributed by atoms with van der Waals surface area (Å²) in [4.78, 5) is 11.9. The number of hydrogen-bond acceptors (Lipinski definition) is 2. The minimum absolute atomic E-state index is 0.130. The van der Waals surface area contributed by atoms with E-state index in [1.54, 1.807) is 6.07 Å². The van der Waals surface area contributed by atoms with Gasteiger partial charge in [0.25, 0.3) is 0 Å². The molecule has 0 atom stereocenters. The number of hydrogen-bond donors (Lipinski definition) is 2. The van der Waals surface area contributed by atoms with Gasteiger partial charge in [-0.25, -0.2) is 0 Å². The van der Waals surface area contributed by atoms with Crippen molar-refractivity contribution >= 4 is 60.7 Å². The maximum atomic E-state index is 11.9. The smallest absolute Gasteiger partial charge is 0.243 e. The summed E-state index contributed by atoms with van der Waals surface area (Å²) in [6, 6.07) is 12.9. The highest BCUT2D eigenvalue weighted by molar-refractivity contribution is 9.11. The fraction of sp³-hybridized carbons (Fsp3) is 0.0714. The highest BCUT2D eigenvalue weighted by Gasteiger charge is 2.06. The van der Waals surface area contributed by atoms with Crippen molar-refractivity contribution in [2.45, 2.75) is 0 Å². The van der Waals surface area contributed by atoms with Crippen molar-refractivity contribution < 1.29 is 4.79 Å². The molecule has 0 aliphatic carbocycles. The molecule has 0 bridgehead atoms. The van der Waals surface area contributed by atoms with Crippen LogP contribution in [-0.2, 0) is 4.79 Å². The minimum Gasteiger partial charge on any atom is -0.375 e. The zero-order valence-corrected chi connectivity index (χ0v) is 14.2. The molecule has 0 unspecified atom stereocenters. The van der Waals surface area contributed by atoms with Gasteiger partial charge in [0.15, 0.2) is 0 Å². The number of carbonyl (C=O) groups excluding carboxylic acids is 1. The summed E-state index contributed by atoms with van der Waals surface area (Å²) in [7, 11) is 0. The van der Waals surface area contributed by atoms with Gasteiger partial charge in [-0.2, -0.15) is 0 Å². The van der Waals surface area contributed by atoms with Gasteiger partial charge in [0.1, 0.15) is 0 Å². The Kier molecular flexibility index (Phi) is 5.46. The van der Waals surface area contributed by atoms with E-state index in [4.69, 9.17) is 11.6 Å². The van der Waals surface area contributed by atoms with Crippen LogP contribution in [0.2, 0.25) is 5.02 Å². The van der Waals surface area contributed by atoms with Gasteiger partial charge >= 0.3 is 0 Å². The number of anilines is 2. The second kappa shape index (κ2) is 7.11. The van der Waals surface area contributed by atoms with Crippen LogP contribution in [0.1, 0.15) is 0 Å². The van der Waals surface area contributed by atoms with Crippen molar-refractivity contribution in [2.75, 3.05) is 17.2 Å². The van der Waals surface area contributed by atoms with Crippen LogP contribution in [0.4, 0.5) is 11.4 Å². The molecule has 0 heterocycles. The third-order valence-electron chi connectivity index (χ3n) is 2.50. The number of nitrogens with one attached hydrogen (secondary N) is 2. The third kappa shape index (κ3) is 4.23. The summed E-state index contributed by atoms with van der Waals surface area (Å²) in [5, 5.41) is 6.44. The van der Waals surface area contributed by atoms with E-state index in [0.717, 1.165) is 20.3 Å². The molecule has 1 amide bonds. The molecular weight excluding hydrogens is 407 g/mol. The molecule has 0 fully saturated rings. The maximum Gasteiger partial charge on any atom is 0.243 e. The van der Waals surface area contributed by atoms with Crippen LogP contribution >= 0.6 is 43.5 Å². The van der Waals surface area contributed by atoms with E-state index in [-0.39, 0.29) is 12.5 Å². The van der Waals surface area contributed by atoms with E-state index in [9.17, 15) is 4.79 Å². The van der Waals surface area contributed by atoms with Crippen LogP contribution in [0, 0.1) is 0 Å². The van der Waals surface area contributed by atoms with Crippen LogP contribution < -0.4 is 10.6 Å². The quantitative estimate of drug-likeness (QED) is 0.740. The van der Waals surface area contributed by atoms with Crippen molar-refractivity contribution in [3.63, 3.8) is 0 Å². The Balaban J connectivity index is 1.94. The second-order valence-electron chi connectivity index (χ2n) is 4.01. The van der Waals surface area contributed by atoms with Gasteiger partial charge in [-0.1, -0.05) is 39.7 Å². The van der Waals surface area contributed by atoms with E-state index in [2.05, 4.69) is 42.5 Å². The van der Waals surface area contributed by atoms with Crippen molar-refractivity contribution in [1.82, 2.24) is 0 Å². The fourth-order valence-corrected chi connectivity index (χ4v) is 2.57. The number of amides is 1. The summed E-state index contributed by atoms with van der Waals surface area (Å²) in [5.41, 5.74) is 1.53. The fourth-order valence-electron chi connectivity index (χ4n) is 1.59. The molecule has 2 rings (SSSR count). The van der Waals surface area contributed by atoms with Gasteiger partial charge in [-0.15, -0.1) is 0 Å². The molecule has 0 aromatic heterocycles. The van der Waals surface area contributed by atoms with E-state index < -0.39 is 0 Å². The molecule has 0 aliphatic rings. The normalized spacial score (nSPS) is 10.2. The Morgan fingerprint density at radius 3 is 2.65 bits per heavy atom. The van der Waals surface area contributed by atoms with Gasteiger partial charge in [-0.05, 0) is 46.3 Å². The van der Waals surface area contributed by atoms with Crippen molar-refractivity contribution in [3.05, 3.63) is 56.4 Å². The van der Waals surface area contributed by atoms with Crippen LogP contribution in [0.5, 0.6) is 0 Å². The Morgan fingerprint density at radius 2 is 1.90 bits per heavy atom. The number of benzene rings is 2. The first kappa shape index (κ1) is 15.4. The lowest BCUT2D eigenvalue weighted by Crippen LogP contribution is -2.21. The summed E-state index contributed by atoms with van der Waals surface area (Å²) in [6.45, 7) is 0.158. The maximum absolute atomic E-state index is 11.9. The van der Waals surface area contributed by atoms with Gasteiger partial charge in [-0.3, -0.25) is 4.79 Å². The van der Waals surface area contributed by atoms with Crippen LogP contribution in [0.3, 0.4) is 0 Å². The first-order chi connectivity index (χ1) is 9.56. The predicted molar refractivity (Wildman–Crippen MR) is 90.4 cm³/mol. The van der Waals surface area contributed by atoms with Crippen LogP contribution in [0.15, 0.2) is 51.4 Å². The summed E-state index contributed by atoms with van der Waals surface area (Å²) in [5.74, 6) is -0.130. The topological polar surface area (TPSA) is 41.1 Å². The standard InChI is InChI=1S/C14H11Br2ClN2O/c15-9-3-1-4-10(7-9)19-13(20)8-18-12-6-2-5-11(17)14(12)16/h1-7,18H,8H2,(H,19,20). The Bertz CT molecular complexity index is 634. The molecule has 0 saturated heterocycles. The molecule has 20 heavy (non-hydrogen) atoms. The predicted octanol–water partition coefficient (Wildman–Crippen LogP) is 4.92. The number of halogens is 3. The van der Waals surface area contributed by atoms with E-state index in [0.29, 0.717) is 5.02 Å². The summed E-state index contributed by atoms with van der Waals surface area (Å²) < 4.78 is 1.66. The largest absolute Gasteiger partial charge is 0.375 e. The van der Waals surface area contributed by atoms with Crippen molar-refractivity contribution in [2.24, 2.45) is 0 Å². The van der Waals surface area contributed by atoms with E-state index >= 15 is 0 Å². The molecule has 0 radical (unpaired) electrons. The zero-order valence-electron chi connectivity index (χ0n) is 10.3. The van der Waals surface area contributed by atoms with E-state index in [1.807, 2.05) is 36.4 Å². The molecule has 0 spiro atoms. The molecule has 2 N–H and O–H groups in total. The van der Waals surface area contributed by atoms with Crippen molar-refractivity contribution in [1.29, 1.82) is 0 Å². The van der Waals surface area contributed by atoms with Crippen LogP contribution in [-0.4, -0.2) is 12.5 Å². The van der Waals surface area contributed by atoms with Gasteiger partial charge < -0.3 is 10.6 Å². The molecule has 0 aliphatic heterocycles.